The number of hydrogen-bond acceptors (Lipinski definition) is 2. The van der Waals surface area contributed by atoms with E-state index in [9.17, 15) is 10.2 Å². The molecule has 2 nitrogen and oxygen atoms in total. The van der Waals surface area contributed by atoms with E-state index in [0.29, 0.717) is 0 Å². The molecule has 10 heavy (non-hydrogen) atoms. The van der Waals surface area contributed by atoms with Crippen LogP contribution in [0.3, 0.4) is 0 Å². The van der Waals surface area contributed by atoms with Gasteiger partial charge in [-0.05, 0) is 36.8 Å². The largest absolute Gasteiger partial charge is 0.389 e. The van der Waals surface area contributed by atoms with Gasteiger partial charge >= 0.3 is 0 Å². The van der Waals surface area contributed by atoms with E-state index in [1.807, 2.05) is 0 Å². The van der Waals surface area contributed by atoms with Gasteiger partial charge in [-0.25, -0.2) is 0 Å². The van der Waals surface area contributed by atoms with Crippen LogP contribution in [0.2, 0.25) is 0 Å². The van der Waals surface area contributed by atoms with Crippen LogP contribution in [0.1, 0.15) is 25.7 Å². The van der Waals surface area contributed by atoms with Crippen molar-refractivity contribution in [3.63, 3.8) is 0 Å². The van der Waals surface area contributed by atoms with Crippen molar-refractivity contribution in [3.8, 4) is 0 Å². The van der Waals surface area contributed by atoms with Gasteiger partial charge in [0.2, 0.25) is 0 Å². The van der Waals surface area contributed by atoms with Crippen LogP contribution in [-0.2, 0) is 0 Å². The van der Waals surface area contributed by atoms with Crippen molar-refractivity contribution in [2.75, 3.05) is 0 Å². The SMILES string of the molecule is OC1CC/C1=C1\CCC1O. The fourth-order valence-electron chi connectivity index (χ4n) is 1.58. The van der Waals surface area contributed by atoms with E-state index in [2.05, 4.69) is 0 Å². The molecule has 0 aliphatic heterocycles. The summed E-state index contributed by atoms with van der Waals surface area (Å²) in [6, 6.07) is 0. The lowest BCUT2D eigenvalue weighted by atomic mass is 9.75. The van der Waals surface area contributed by atoms with E-state index in [1.165, 1.54) is 0 Å². The molecule has 0 bridgehead atoms. The summed E-state index contributed by atoms with van der Waals surface area (Å²) in [6.07, 6.45) is 3.37. The first-order valence-corrected chi connectivity index (χ1v) is 3.87. The topological polar surface area (TPSA) is 40.5 Å². The second-order valence-corrected chi connectivity index (χ2v) is 3.16. The highest BCUT2D eigenvalue weighted by molar-refractivity contribution is 5.31. The van der Waals surface area contributed by atoms with Crippen LogP contribution in [0, 0.1) is 0 Å². The van der Waals surface area contributed by atoms with Crippen molar-refractivity contribution < 1.29 is 10.2 Å². The number of hydrogen-bond donors (Lipinski definition) is 2. The molecule has 0 saturated heterocycles. The smallest absolute Gasteiger partial charge is 0.0756 e. The Morgan fingerprint density at radius 3 is 1.40 bits per heavy atom. The van der Waals surface area contributed by atoms with E-state index in [1.54, 1.807) is 0 Å². The molecule has 2 N–H and O–H groups in total. The lowest BCUT2D eigenvalue weighted by molar-refractivity contribution is 0.122. The standard InChI is InChI=1S/C8H12O2/c9-7-3-1-5(7)6-2-4-8(6)10/h7-10H,1-4H2/b6-5-. The van der Waals surface area contributed by atoms with E-state index in [-0.39, 0.29) is 12.2 Å². The van der Waals surface area contributed by atoms with Crippen molar-refractivity contribution in [1.82, 2.24) is 0 Å². The van der Waals surface area contributed by atoms with Gasteiger partial charge in [0.25, 0.3) is 0 Å². The Labute approximate surface area is 60.2 Å². The van der Waals surface area contributed by atoms with E-state index in [4.69, 9.17) is 0 Å². The second kappa shape index (κ2) is 2.07. The molecule has 2 unspecified atom stereocenters. The predicted molar refractivity (Wildman–Crippen MR) is 37.5 cm³/mol. The maximum absolute atomic E-state index is 9.19. The van der Waals surface area contributed by atoms with Gasteiger partial charge in [0.1, 0.15) is 0 Å². The maximum atomic E-state index is 9.19. The third-order valence-corrected chi connectivity index (χ3v) is 2.59. The minimum Gasteiger partial charge on any atom is -0.389 e. The molecule has 2 aliphatic carbocycles. The Morgan fingerprint density at radius 2 is 1.30 bits per heavy atom. The van der Waals surface area contributed by atoms with Crippen molar-refractivity contribution in [2.24, 2.45) is 0 Å². The Kier molecular flexibility index (Phi) is 1.32. The number of aliphatic hydroxyl groups is 2. The summed E-state index contributed by atoms with van der Waals surface area (Å²) in [7, 11) is 0. The lowest BCUT2D eigenvalue weighted by Gasteiger charge is -2.35. The summed E-state index contributed by atoms with van der Waals surface area (Å²) in [4.78, 5) is 0. The van der Waals surface area contributed by atoms with Gasteiger partial charge in [-0.15, -0.1) is 0 Å². The average molecular weight is 140 g/mol. The molecule has 0 spiro atoms. The first kappa shape index (κ1) is 6.38. The zero-order chi connectivity index (χ0) is 7.14. The highest BCUT2D eigenvalue weighted by Gasteiger charge is 2.32. The Hall–Kier alpha value is -0.340. The first-order chi connectivity index (χ1) is 4.79. The lowest BCUT2D eigenvalue weighted by Crippen LogP contribution is -2.31. The molecular weight excluding hydrogens is 128 g/mol. The van der Waals surface area contributed by atoms with Crippen molar-refractivity contribution in [2.45, 2.75) is 37.9 Å². The monoisotopic (exact) mass is 140 g/mol. The van der Waals surface area contributed by atoms with Crippen LogP contribution in [0.15, 0.2) is 11.1 Å². The Balaban J connectivity index is 2.13. The number of aliphatic hydroxyl groups excluding tert-OH is 2. The molecule has 2 rings (SSSR count). The van der Waals surface area contributed by atoms with Gasteiger partial charge in [0.05, 0.1) is 12.2 Å². The van der Waals surface area contributed by atoms with Crippen molar-refractivity contribution in [3.05, 3.63) is 11.1 Å². The minimum atomic E-state index is -0.218. The molecule has 0 aromatic rings. The van der Waals surface area contributed by atoms with E-state index >= 15 is 0 Å². The molecule has 2 fully saturated rings. The molecule has 0 aromatic carbocycles. The Morgan fingerprint density at radius 1 is 0.900 bits per heavy atom. The summed E-state index contributed by atoms with van der Waals surface area (Å²) >= 11 is 0. The molecule has 0 aromatic heterocycles. The summed E-state index contributed by atoms with van der Waals surface area (Å²) in [5.41, 5.74) is 2.25. The highest BCUT2D eigenvalue weighted by Crippen LogP contribution is 2.38. The molecule has 0 heterocycles. The van der Waals surface area contributed by atoms with Crippen molar-refractivity contribution >= 4 is 0 Å². The molecule has 2 heteroatoms. The third-order valence-electron chi connectivity index (χ3n) is 2.59. The zero-order valence-corrected chi connectivity index (χ0v) is 5.88. The molecule has 0 radical (unpaired) electrons. The first-order valence-electron chi connectivity index (χ1n) is 3.87. The molecule has 2 saturated carbocycles. The molecule has 2 aliphatic rings. The van der Waals surface area contributed by atoms with Gasteiger partial charge in [-0.2, -0.15) is 0 Å². The van der Waals surface area contributed by atoms with Gasteiger partial charge < -0.3 is 10.2 Å². The number of rotatable bonds is 0. The predicted octanol–water partition coefficient (Wildman–Crippen LogP) is 0.592. The van der Waals surface area contributed by atoms with Crippen LogP contribution >= 0.6 is 0 Å². The minimum absolute atomic E-state index is 0.218. The van der Waals surface area contributed by atoms with Gasteiger partial charge in [0.15, 0.2) is 0 Å². The van der Waals surface area contributed by atoms with Crippen LogP contribution in [0.4, 0.5) is 0 Å². The molecule has 56 valence electrons. The summed E-state index contributed by atoms with van der Waals surface area (Å²) in [6.45, 7) is 0. The highest BCUT2D eigenvalue weighted by atomic mass is 16.3. The van der Waals surface area contributed by atoms with Crippen LogP contribution in [0.5, 0.6) is 0 Å². The molecular formula is C8H12O2. The van der Waals surface area contributed by atoms with E-state index < -0.39 is 0 Å². The van der Waals surface area contributed by atoms with Crippen LogP contribution in [0.25, 0.3) is 0 Å². The van der Waals surface area contributed by atoms with Crippen LogP contribution in [-0.4, -0.2) is 22.4 Å². The normalized spacial score (nSPS) is 46.2. The molecule has 2 atom stereocenters. The van der Waals surface area contributed by atoms with E-state index in [0.717, 1.165) is 36.8 Å². The summed E-state index contributed by atoms with van der Waals surface area (Å²) < 4.78 is 0. The average Bonchev–Trinajstić information content (AvgIpc) is 1.93. The van der Waals surface area contributed by atoms with Gasteiger partial charge in [-0.3, -0.25) is 0 Å². The van der Waals surface area contributed by atoms with Gasteiger partial charge in [0, 0.05) is 0 Å². The van der Waals surface area contributed by atoms with Crippen molar-refractivity contribution in [1.29, 1.82) is 0 Å². The molecule has 0 amide bonds. The second-order valence-electron chi connectivity index (χ2n) is 3.16. The maximum Gasteiger partial charge on any atom is 0.0756 e. The third kappa shape index (κ3) is 0.724. The fourth-order valence-corrected chi connectivity index (χ4v) is 1.58. The summed E-state index contributed by atoms with van der Waals surface area (Å²) in [5.74, 6) is 0. The van der Waals surface area contributed by atoms with Crippen LogP contribution < -0.4 is 0 Å². The quantitative estimate of drug-likeness (QED) is 0.483. The Bertz CT molecular complexity index is 164. The van der Waals surface area contributed by atoms with Gasteiger partial charge in [-0.1, -0.05) is 0 Å². The fraction of sp³-hybridized carbons (Fsp3) is 0.750. The zero-order valence-electron chi connectivity index (χ0n) is 5.88. The summed E-state index contributed by atoms with van der Waals surface area (Å²) in [5, 5.41) is 18.4.